The molecular weight excluding hydrogens is 426 g/mol. The Morgan fingerprint density at radius 1 is 1.06 bits per heavy atom. The van der Waals surface area contributed by atoms with Crippen LogP contribution in [0.2, 0.25) is 0 Å². The summed E-state index contributed by atoms with van der Waals surface area (Å²) >= 11 is 0. The van der Waals surface area contributed by atoms with Crippen LogP contribution < -0.4 is 4.18 Å². The van der Waals surface area contributed by atoms with E-state index in [0.29, 0.717) is 24.1 Å². The van der Waals surface area contributed by atoms with Gasteiger partial charge in [-0.15, -0.1) is 0 Å². The monoisotopic (exact) mass is 467 g/mol. The van der Waals surface area contributed by atoms with Gasteiger partial charge in [0.2, 0.25) is 5.91 Å². The number of unbranched alkanes of at least 4 members (excludes halogenated alkanes) is 1. The van der Waals surface area contributed by atoms with Gasteiger partial charge in [0, 0.05) is 39.6 Å². The summed E-state index contributed by atoms with van der Waals surface area (Å²) in [6.45, 7) is 8.32. The zero-order valence-corrected chi connectivity index (χ0v) is 21.1. The molecule has 0 bridgehead atoms. The Hall–Kier alpha value is -1.64. The molecule has 1 fully saturated rings. The molecule has 2 rings (SSSR count). The van der Waals surface area contributed by atoms with Crippen LogP contribution in [0.15, 0.2) is 24.3 Å². The highest BCUT2D eigenvalue weighted by atomic mass is 32.2. The quantitative estimate of drug-likeness (QED) is 0.414. The fraction of sp³-hybridized carbons (Fsp3) is 0.708. The maximum absolute atomic E-state index is 12.2. The summed E-state index contributed by atoms with van der Waals surface area (Å²) in [5, 5.41) is 0. The molecule has 7 nitrogen and oxygen atoms in total. The molecule has 0 aromatic heterocycles. The van der Waals surface area contributed by atoms with Crippen molar-refractivity contribution in [1.29, 1.82) is 0 Å². The number of nitrogens with zero attached hydrogens (tertiary/aromatic N) is 3. The molecule has 1 amide bonds. The van der Waals surface area contributed by atoms with Gasteiger partial charge in [-0.1, -0.05) is 25.5 Å². The van der Waals surface area contributed by atoms with Gasteiger partial charge < -0.3 is 14.0 Å². The van der Waals surface area contributed by atoms with Gasteiger partial charge in [-0.3, -0.25) is 4.79 Å². The van der Waals surface area contributed by atoms with E-state index in [-0.39, 0.29) is 0 Å². The van der Waals surface area contributed by atoms with E-state index in [1.807, 2.05) is 12.1 Å². The van der Waals surface area contributed by atoms with Crippen molar-refractivity contribution >= 4 is 16.2 Å². The van der Waals surface area contributed by atoms with Crippen molar-refractivity contribution < 1.29 is 17.4 Å². The van der Waals surface area contributed by atoms with E-state index in [1.165, 1.54) is 20.5 Å². The molecule has 0 spiro atoms. The van der Waals surface area contributed by atoms with E-state index < -0.39 is 10.3 Å². The lowest BCUT2D eigenvalue weighted by atomic mass is 10.0. The van der Waals surface area contributed by atoms with Gasteiger partial charge in [-0.05, 0) is 76.2 Å². The van der Waals surface area contributed by atoms with Gasteiger partial charge >= 0.3 is 10.3 Å². The van der Waals surface area contributed by atoms with Crippen LogP contribution >= 0.6 is 0 Å². The Morgan fingerprint density at radius 3 is 2.44 bits per heavy atom. The van der Waals surface area contributed by atoms with Crippen LogP contribution in [0.5, 0.6) is 5.75 Å². The van der Waals surface area contributed by atoms with E-state index in [9.17, 15) is 13.2 Å². The second-order valence-corrected chi connectivity index (χ2v) is 10.7. The standard InChI is InChI=1S/C24H41N3O4S/c1-5-16-26(17-9-10-19-27-18-8-6-7-11-24(27)28)21(2)20-22-12-14-23(15-13-22)31-32(29,30)25(3)4/h12-15,21H,5-11,16-20H2,1-4H3. The van der Waals surface area contributed by atoms with Gasteiger partial charge in [0.25, 0.3) is 0 Å². The number of benzene rings is 1. The van der Waals surface area contributed by atoms with Gasteiger partial charge in [-0.2, -0.15) is 12.7 Å². The van der Waals surface area contributed by atoms with Crippen molar-refractivity contribution in [2.24, 2.45) is 0 Å². The Labute approximate surface area is 195 Å². The minimum Gasteiger partial charge on any atom is -0.371 e. The van der Waals surface area contributed by atoms with Crippen LogP contribution in [-0.2, 0) is 21.5 Å². The van der Waals surface area contributed by atoms with Crippen molar-refractivity contribution in [2.45, 2.75) is 71.3 Å². The van der Waals surface area contributed by atoms with Crippen LogP contribution in [0, 0.1) is 0 Å². The fourth-order valence-electron chi connectivity index (χ4n) is 4.08. The average molecular weight is 468 g/mol. The second kappa shape index (κ2) is 13.2. The third kappa shape index (κ3) is 8.71. The number of amides is 1. The van der Waals surface area contributed by atoms with Crippen LogP contribution in [0.4, 0.5) is 0 Å². The number of rotatable bonds is 13. The normalized spacial score (nSPS) is 16.4. The SMILES string of the molecule is CCCN(CCCCN1CCCCCC1=O)C(C)Cc1ccc(OS(=O)(=O)N(C)C)cc1. The summed E-state index contributed by atoms with van der Waals surface area (Å²) in [5.74, 6) is 0.649. The van der Waals surface area contributed by atoms with E-state index in [2.05, 4.69) is 23.6 Å². The van der Waals surface area contributed by atoms with Gasteiger partial charge in [0.05, 0.1) is 0 Å². The molecule has 1 aliphatic rings. The highest BCUT2D eigenvalue weighted by molar-refractivity contribution is 7.84. The molecule has 1 unspecified atom stereocenters. The Morgan fingerprint density at radius 2 is 1.78 bits per heavy atom. The van der Waals surface area contributed by atoms with Gasteiger partial charge in [-0.25, -0.2) is 0 Å². The first-order chi connectivity index (χ1) is 15.2. The molecule has 1 heterocycles. The highest BCUT2D eigenvalue weighted by Crippen LogP contribution is 2.18. The largest absolute Gasteiger partial charge is 0.384 e. The smallest absolute Gasteiger partial charge is 0.371 e. The molecule has 0 aliphatic carbocycles. The predicted molar refractivity (Wildman–Crippen MR) is 129 cm³/mol. The first kappa shape index (κ1) is 26.6. The minimum atomic E-state index is -3.73. The molecule has 1 aromatic rings. The number of carbonyl (C=O) groups is 1. The third-order valence-corrected chi connectivity index (χ3v) is 7.33. The van der Waals surface area contributed by atoms with Crippen molar-refractivity contribution in [3.8, 4) is 5.75 Å². The van der Waals surface area contributed by atoms with E-state index >= 15 is 0 Å². The Bertz CT molecular complexity index is 796. The van der Waals surface area contributed by atoms with E-state index in [4.69, 9.17) is 4.18 Å². The molecule has 1 aromatic carbocycles. The lowest BCUT2D eigenvalue weighted by Gasteiger charge is -2.29. The molecule has 1 saturated heterocycles. The van der Waals surface area contributed by atoms with Crippen molar-refractivity contribution in [1.82, 2.24) is 14.1 Å². The Balaban J connectivity index is 1.82. The summed E-state index contributed by atoms with van der Waals surface area (Å²) < 4.78 is 29.9. The van der Waals surface area contributed by atoms with E-state index in [1.54, 1.807) is 12.1 Å². The average Bonchev–Trinajstić information content (AvgIpc) is 2.95. The summed E-state index contributed by atoms with van der Waals surface area (Å²) in [4.78, 5) is 16.7. The zero-order chi connectivity index (χ0) is 23.6. The molecule has 0 radical (unpaired) electrons. The molecular formula is C24H41N3O4S. The number of carbonyl (C=O) groups excluding carboxylic acids is 1. The molecule has 0 N–H and O–H groups in total. The van der Waals surface area contributed by atoms with Gasteiger partial charge in [0.1, 0.15) is 5.75 Å². The summed E-state index contributed by atoms with van der Waals surface area (Å²) in [7, 11) is -0.846. The lowest BCUT2D eigenvalue weighted by molar-refractivity contribution is -0.130. The second-order valence-electron chi connectivity index (χ2n) is 8.96. The zero-order valence-electron chi connectivity index (χ0n) is 20.3. The molecule has 1 aliphatic heterocycles. The first-order valence-electron chi connectivity index (χ1n) is 12.0. The minimum absolute atomic E-state index is 0.323. The maximum atomic E-state index is 12.2. The number of hydrogen-bond acceptors (Lipinski definition) is 5. The van der Waals surface area contributed by atoms with Crippen LogP contribution in [0.3, 0.4) is 0 Å². The lowest BCUT2D eigenvalue weighted by Crippen LogP contribution is -2.37. The highest BCUT2D eigenvalue weighted by Gasteiger charge is 2.18. The maximum Gasteiger partial charge on any atom is 0.384 e. The molecule has 8 heteroatoms. The van der Waals surface area contributed by atoms with Crippen LogP contribution in [-0.4, -0.2) is 74.7 Å². The third-order valence-electron chi connectivity index (χ3n) is 6.03. The van der Waals surface area contributed by atoms with Crippen molar-refractivity contribution in [3.63, 3.8) is 0 Å². The first-order valence-corrected chi connectivity index (χ1v) is 13.3. The Kier molecular flexibility index (Phi) is 10.9. The van der Waals surface area contributed by atoms with Crippen LogP contribution in [0.1, 0.15) is 64.4 Å². The molecule has 182 valence electrons. The van der Waals surface area contributed by atoms with Crippen molar-refractivity contribution in [2.75, 3.05) is 40.3 Å². The topological polar surface area (TPSA) is 70.2 Å². The molecule has 1 atom stereocenters. The predicted octanol–water partition coefficient (Wildman–Crippen LogP) is 3.70. The number of likely N-dealkylation sites (tertiary alicyclic amines) is 1. The summed E-state index contributed by atoms with van der Waals surface area (Å²) in [6, 6.07) is 7.68. The van der Waals surface area contributed by atoms with Crippen molar-refractivity contribution in [3.05, 3.63) is 29.8 Å². The summed E-state index contributed by atoms with van der Waals surface area (Å²) in [5.41, 5.74) is 1.16. The van der Waals surface area contributed by atoms with E-state index in [0.717, 1.165) is 74.6 Å². The van der Waals surface area contributed by atoms with Gasteiger partial charge in [0.15, 0.2) is 0 Å². The van der Waals surface area contributed by atoms with Crippen LogP contribution in [0.25, 0.3) is 0 Å². The summed E-state index contributed by atoms with van der Waals surface area (Å²) in [6.07, 6.45) is 8.18. The molecule has 32 heavy (non-hydrogen) atoms. The number of hydrogen-bond donors (Lipinski definition) is 0. The molecule has 0 saturated carbocycles. The fourth-order valence-corrected chi connectivity index (χ4v) is 4.58.